The largest absolute Gasteiger partial charge is 0.355 e. The SMILES string of the molecule is CSCCNC(=O)C[C@@H]1C[C@H](C)CC(C)(C)C1. The number of rotatable bonds is 5. The molecule has 2 atom stereocenters. The second-order valence-electron chi connectivity index (χ2n) is 6.33. The van der Waals surface area contributed by atoms with Crippen molar-refractivity contribution in [2.24, 2.45) is 17.3 Å². The second-order valence-corrected chi connectivity index (χ2v) is 7.31. The summed E-state index contributed by atoms with van der Waals surface area (Å²) in [6.45, 7) is 7.80. The highest BCUT2D eigenvalue weighted by Crippen LogP contribution is 2.42. The van der Waals surface area contributed by atoms with Crippen LogP contribution in [0.5, 0.6) is 0 Å². The van der Waals surface area contributed by atoms with Crippen LogP contribution in [0.4, 0.5) is 0 Å². The van der Waals surface area contributed by atoms with Crippen molar-refractivity contribution in [1.29, 1.82) is 0 Å². The van der Waals surface area contributed by atoms with Crippen LogP contribution in [0.3, 0.4) is 0 Å². The molecule has 0 aromatic carbocycles. The third kappa shape index (κ3) is 5.80. The monoisotopic (exact) mass is 257 g/mol. The van der Waals surface area contributed by atoms with Crippen LogP contribution in [-0.2, 0) is 4.79 Å². The average molecular weight is 257 g/mol. The molecule has 0 unspecified atom stereocenters. The van der Waals surface area contributed by atoms with E-state index in [1.165, 1.54) is 19.3 Å². The molecule has 0 radical (unpaired) electrons. The van der Waals surface area contributed by atoms with Gasteiger partial charge in [0.1, 0.15) is 0 Å². The van der Waals surface area contributed by atoms with Gasteiger partial charge in [-0.2, -0.15) is 11.8 Å². The predicted molar refractivity (Wildman–Crippen MR) is 76.3 cm³/mol. The Morgan fingerprint density at radius 2 is 2.12 bits per heavy atom. The summed E-state index contributed by atoms with van der Waals surface area (Å²) in [6.07, 6.45) is 6.52. The minimum Gasteiger partial charge on any atom is -0.355 e. The Morgan fingerprint density at radius 1 is 1.41 bits per heavy atom. The van der Waals surface area contributed by atoms with Gasteiger partial charge in [-0.15, -0.1) is 0 Å². The molecule has 100 valence electrons. The van der Waals surface area contributed by atoms with Gasteiger partial charge in [-0.25, -0.2) is 0 Å². The molecule has 0 heterocycles. The normalized spacial score (nSPS) is 27.8. The third-order valence-corrected chi connectivity index (χ3v) is 4.19. The molecular weight excluding hydrogens is 230 g/mol. The molecule has 0 aromatic rings. The van der Waals surface area contributed by atoms with Crippen LogP contribution in [0.15, 0.2) is 0 Å². The molecule has 1 aliphatic carbocycles. The summed E-state index contributed by atoms with van der Waals surface area (Å²) in [5.74, 6) is 2.61. The molecule has 1 saturated carbocycles. The van der Waals surface area contributed by atoms with Crippen molar-refractivity contribution in [2.75, 3.05) is 18.6 Å². The molecule has 2 nitrogen and oxygen atoms in total. The van der Waals surface area contributed by atoms with Gasteiger partial charge in [-0.1, -0.05) is 20.8 Å². The molecule has 17 heavy (non-hydrogen) atoms. The van der Waals surface area contributed by atoms with E-state index >= 15 is 0 Å². The Morgan fingerprint density at radius 3 is 2.71 bits per heavy atom. The summed E-state index contributed by atoms with van der Waals surface area (Å²) in [5.41, 5.74) is 0.419. The van der Waals surface area contributed by atoms with Crippen molar-refractivity contribution in [3.05, 3.63) is 0 Å². The van der Waals surface area contributed by atoms with Gasteiger partial charge in [0, 0.05) is 18.7 Å². The predicted octanol–water partition coefficient (Wildman–Crippen LogP) is 3.32. The van der Waals surface area contributed by atoms with Gasteiger partial charge < -0.3 is 5.32 Å². The smallest absolute Gasteiger partial charge is 0.220 e. The lowest BCUT2D eigenvalue weighted by Gasteiger charge is -2.38. The van der Waals surface area contributed by atoms with E-state index in [2.05, 4.69) is 32.3 Å². The fraction of sp³-hybridized carbons (Fsp3) is 0.929. The van der Waals surface area contributed by atoms with Crippen LogP contribution in [-0.4, -0.2) is 24.5 Å². The van der Waals surface area contributed by atoms with E-state index in [1.54, 1.807) is 11.8 Å². The summed E-state index contributed by atoms with van der Waals surface area (Å²) >= 11 is 1.78. The summed E-state index contributed by atoms with van der Waals surface area (Å²) < 4.78 is 0. The maximum atomic E-state index is 11.8. The van der Waals surface area contributed by atoms with Crippen LogP contribution in [0.2, 0.25) is 0 Å². The van der Waals surface area contributed by atoms with Crippen molar-refractivity contribution in [1.82, 2.24) is 5.32 Å². The van der Waals surface area contributed by atoms with Gasteiger partial charge in [0.25, 0.3) is 0 Å². The Hall–Kier alpha value is -0.180. The van der Waals surface area contributed by atoms with Crippen LogP contribution < -0.4 is 5.32 Å². The lowest BCUT2D eigenvalue weighted by Crippen LogP contribution is -2.33. The molecule has 0 aromatic heterocycles. The molecule has 0 saturated heterocycles. The highest BCUT2D eigenvalue weighted by atomic mass is 32.2. The molecule has 1 rings (SSSR count). The minimum atomic E-state index is 0.244. The number of nitrogens with one attached hydrogen (secondary N) is 1. The maximum Gasteiger partial charge on any atom is 0.220 e. The molecule has 0 spiro atoms. The first kappa shape index (κ1) is 14.9. The molecule has 1 aliphatic rings. The summed E-state index contributed by atoms with van der Waals surface area (Å²) in [4.78, 5) is 11.8. The van der Waals surface area contributed by atoms with E-state index in [1.807, 2.05) is 0 Å². The summed E-state index contributed by atoms with van der Waals surface area (Å²) in [6, 6.07) is 0. The molecular formula is C14H27NOS. The van der Waals surface area contributed by atoms with Gasteiger partial charge in [-0.05, 0) is 42.8 Å². The van der Waals surface area contributed by atoms with Crippen molar-refractivity contribution >= 4 is 17.7 Å². The molecule has 1 amide bonds. The topological polar surface area (TPSA) is 29.1 Å². The van der Waals surface area contributed by atoms with Crippen molar-refractivity contribution in [3.8, 4) is 0 Å². The highest BCUT2D eigenvalue weighted by Gasteiger charge is 2.32. The number of hydrogen-bond donors (Lipinski definition) is 1. The quantitative estimate of drug-likeness (QED) is 0.766. The van der Waals surface area contributed by atoms with Gasteiger partial charge in [0.15, 0.2) is 0 Å². The lowest BCUT2D eigenvalue weighted by atomic mass is 9.67. The van der Waals surface area contributed by atoms with Gasteiger partial charge >= 0.3 is 0 Å². The zero-order valence-corrected chi connectivity index (χ0v) is 12.5. The zero-order chi connectivity index (χ0) is 12.9. The van der Waals surface area contributed by atoms with Gasteiger partial charge in [0.2, 0.25) is 5.91 Å². The molecule has 0 bridgehead atoms. The fourth-order valence-electron chi connectivity index (χ4n) is 3.33. The van der Waals surface area contributed by atoms with Crippen molar-refractivity contribution < 1.29 is 4.79 Å². The van der Waals surface area contributed by atoms with Gasteiger partial charge in [0.05, 0.1) is 0 Å². The number of thioether (sulfide) groups is 1. The van der Waals surface area contributed by atoms with Crippen LogP contribution in [0.25, 0.3) is 0 Å². The number of carbonyl (C=O) groups excluding carboxylic acids is 1. The Labute approximate surface area is 110 Å². The maximum absolute atomic E-state index is 11.8. The van der Waals surface area contributed by atoms with E-state index in [0.717, 1.165) is 24.6 Å². The van der Waals surface area contributed by atoms with E-state index in [9.17, 15) is 4.79 Å². The van der Waals surface area contributed by atoms with Crippen LogP contribution >= 0.6 is 11.8 Å². The van der Waals surface area contributed by atoms with Crippen LogP contribution in [0.1, 0.15) is 46.5 Å². The average Bonchev–Trinajstić information content (AvgIpc) is 2.14. The zero-order valence-electron chi connectivity index (χ0n) is 11.7. The standard InChI is InChI=1S/C14H27NOS/c1-11-7-12(10-14(2,3)9-11)8-13(16)15-5-6-17-4/h11-12H,5-10H2,1-4H3,(H,15,16)/t11-,12-/m0/s1. The van der Waals surface area contributed by atoms with Crippen molar-refractivity contribution in [3.63, 3.8) is 0 Å². The van der Waals surface area contributed by atoms with E-state index in [0.29, 0.717) is 11.3 Å². The molecule has 1 fully saturated rings. The first-order valence-corrected chi connectivity index (χ1v) is 8.08. The first-order valence-electron chi connectivity index (χ1n) is 6.68. The summed E-state index contributed by atoms with van der Waals surface area (Å²) in [5, 5.41) is 3.01. The molecule has 0 aliphatic heterocycles. The number of hydrogen-bond acceptors (Lipinski definition) is 2. The lowest BCUT2D eigenvalue weighted by molar-refractivity contribution is -0.122. The first-order chi connectivity index (χ1) is 7.93. The van der Waals surface area contributed by atoms with Crippen molar-refractivity contribution in [2.45, 2.75) is 46.5 Å². The number of amides is 1. The molecule has 1 N–H and O–H groups in total. The number of carbonyl (C=O) groups is 1. The van der Waals surface area contributed by atoms with Gasteiger partial charge in [-0.3, -0.25) is 4.79 Å². The van der Waals surface area contributed by atoms with Crippen LogP contribution in [0, 0.1) is 17.3 Å². The second kappa shape index (κ2) is 6.67. The molecule has 3 heteroatoms. The Bertz CT molecular complexity index is 253. The highest BCUT2D eigenvalue weighted by molar-refractivity contribution is 7.98. The third-order valence-electron chi connectivity index (χ3n) is 3.58. The summed E-state index contributed by atoms with van der Waals surface area (Å²) in [7, 11) is 0. The Kier molecular flexibility index (Phi) is 5.84. The van der Waals surface area contributed by atoms with E-state index < -0.39 is 0 Å². The Balaban J connectivity index is 2.32. The van der Waals surface area contributed by atoms with E-state index in [-0.39, 0.29) is 5.91 Å². The van der Waals surface area contributed by atoms with E-state index in [4.69, 9.17) is 0 Å². The minimum absolute atomic E-state index is 0.244. The fourth-order valence-corrected chi connectivity index (χ4v) is 3.63.